The lowest BCUT2D eigenvalue weighted by molar-refractivity contribution is 0.121. The van der Waals surface area contributed by atoms with E-state index < -0.39 is 0 Å². The minimum absolute atomic E-state index is 0.0127. The van der Waals surface area contributed by atoms with Gasteiger partial charge in [0.25, 0.3) is 5.56 Å². The highest BCUT2D eigenvalue weighted by molar-refractivity contribution is 5.68. The molecule has 1 fully saturated rings. The van der Waals surface area contributed by atoms with E-state index in [0.29, 0.717) is 11.2 Å². The fraction of sp³-hybridized carbons (Fsp3) is 0.583. The van der Waals surface area contributed by atoms with Gasteiger partial charge in [0.1, 0.15) is 0 Å². The van der Waals surface area contributed by atoms with Crippen LogP contribution in [0.1, 0.15) is 18.9 Å². The molecule has 2 aromatic heterocycles. The zero-order valence-electron chi connectivity index (χ0n) is 10.4. The van der Waals surface area contributed by atoms with E-state index >= 15 is 0 Å². The normalized spacial score (nSPS) is 27.2. The van der Waals surface area contributed by atoms with E-state index in [1.165, 1.54) is 6.33 Å². The van der Waals surface area contributed by atoms with Crippen LogP contribution >= 0.6 is 0 Å². The number of aliphatic hydroxyl groups is 2. The number of rotatable bonds is 3. The van der Waals surface area contributed by atoms with Gasteiger partial charge >= 0.3 is 0 Å². The van der Waals surface area contributed by atoms with Gasteiger partial charge in [-0.3, -0.25) is 4.79 Å². The van der Waals surface area contributed by atoms with Crippen LogP contribution in [0.25, 0.3) is 11.2 Å². The molecule has 7 heteroatoms. The Balaban J connectivity index is 2.05. The summed E-state index contributed by atoms with van der Waals surface area (Å²) in [6.45, 7) is 0.0845. The molecule has 3 rings (SSSR count). The van der Waals surface area contributed by atoms with E-state index in [1.807, 2.05) is 4.57 Å². The zero-order valence-corrected chi connectivity index (χ0v) is 10.4. The minimum Gasteiger partial charge on any atom is -0.396 e. The van der Waals surface area contributed by atoms with Crippen LogP contribution in [0.15, 0.2) is 17.4 Å². The molecule has 102 valence electrons. The molecular formula is C12H16N4O3. The second-order valence-corrected chi connectivity index (χ2v) is 4.99. The summed E-state index contributed by atoms with van der Waals surface area (Å²) in [5.41, 5.74) is 0.582. The maximum atomic E-state index is 11.6. The SMILES string of the molecule is O=c1[nH]cnc2c1ncn2C1CCC(CO)C1CO. The number of hydrogen-bond acceptors (Lipinski definition) is 5. The van der Waals surface area contributed by atoms with Crippen LogP contribution in [0.2, 0.25) is 0 Å². The predicted molar refractivity (Wildman–Crippen MR) is 67.6 cm³/mol. The average Bonchev–Trinajstić information content (AvgIpc) is 3.01. The number of fused-ring (bicyclic) bond motifs is 1. The molecule has 1 aliphatic carbocycles. The van der Waals surface area contributed by atoms with Crippen LogP contribution in [0.4, 0.5) is 0 Å². The number of nitrogens with one attached hydrogen (secondary N) is 1. The summed E-state index contributed by atoms with van der Waals surface area (Å²) >= 11 is 0. The standard InChI is InChI=1S/C12H16N4O3/c17-3-7-1-2-9(8(7)4-18)16-6-15-10-11(16)13-5-14-12(10)19/h5-9,17-18H,1-4H2,(H,13,14,19). The molecule has 1 saturated carbocycles. The quantitative estimate of drug-likeness (QED) is 0.704. The number of aromatic nitrogens is 4. The van der Waals surface area contributed by atoms with Crippen molar-refractivity contribution in [2.45, 2.75) is 18.9 Å². The first-order chi connectivity index (χ1) is 9.26. The smallest absolute Gasteiger partial charge is 0.278 e. The molecule has 0 aromatic carbocycles. The summed E-state index contributed by atoms with van der Waals surface area (Å²) in [6, 6.07) is 0.0291. The molecule has 7 nitrogen and oxygen atoms in total. The Labute approximate surface area is 108 Å². The summed E-state index contributed by atoms with van der Waals surface area (Å²) < 4.78 is 1.85. The van der Waals surface area contributed by atoms with Crippen molar-refractivity contribution in [3.8, 4) is 0 Å². The highest BCUT2D eigenvalue weighted by Crippen LogP contribution is 2.40. The van der Waals surface area contributed by atoms with Crippen molar-refractivity contribution in [3.63, 3.8) is 0 Å². The Bertz CT molecular complexity index is 635. The summed E-state index contributed by atoms with van der Waals surface area (Å²) in [5.74, 6) is 0.0675. The molecule has 3 atom stereocenters. The van der Waals surface area contributed by atoms with Crippen LogP contribution in [-0.4, -0.2) is 42.9 Å². The monoisotopic (exact) mass is 264 g/mol. The molecular weight excluding hydrogens is 248 g/mol. The topological polar surface area (TPSA) is 104 Å². The highest BCUT2D eigenvalue weighted by Gasteiger charge is 2.37. The van der Waals surface area contributed by atoms with Gasteiger partial charge < -0.3 is 19.8 Å². The van der Waals surface area contributed by atoms with Crippen molar-refractivity contribution in [1.82, 2.24) is 19.5 Å². The molecule has 3 N–H and O–H groups in total. The fourth-order valence-electron chi connectivity index (χ4n) is 3.08. The molecule has 0 spiro atoms. The lowest BCUT2D eigenvalue weighted by Crippen LogP contribution is -2.24. The van der Waals surface area contributed by atoms with Crippen molar-refractivity contribution in [2.24, 2.45) is 11.8 Å². The van der Waals surface area contributed by atoms with E-state index in [0.717, 1.165) is 12.8 Å². The van der Waals surface area contributed by atoms with Gasteiger partial charge in [-0.15, -0.1) is 0 Å². The van der Waals surface area contributed by atoms with E-state index in [2.05, 4.69) is 15.0 Å². The molecule has 0 amide bonds. The third kappa shape index (κ3) is 1.85. The Morgan fingerprint density at radius 1 is 1.32 bits per heavy atom. The number of aromatic amines is 1. The lowest BCUT2D eigenvalue weighted by Gasteiger charge is -2.22. The van der Waals surface area contributed by atoms with E-state index in [1.54, 1.807) is 6.33 Å². The first-order valence-corrected chi connectivity index (χ1v) is 6.38. The van der Waals surface area contributed by atoms with Gasteiger partial charge in [-0.05, 0) is 18.8 Å². The lowest BCUT2D eigenvalue weighted by atomic mass is 9.95. The van der Waals surface area contributed by atoms with Crippen molar-refractivity contribution >= 4 is 11.2 Å². The van der Waals surface area contributed by atoms with Crippen LogP contribution in [0.5, 0.6) is 0 Å². The van der Waals surface area contributed by atoms with Gasteiger partial charge in [0.2, 0.25) is 0 Å². The van der Waals surface area contributed by atoms with Gasteiger partial charge in [0.15, 0.2) is 11.2 Å². The Hall–Kier alpha value is -1.73. The predicted octanol–water partition coefficient (Wildman–Crippen LogP) is -0.329. The van der Waals surface area contributed by atoms with Crippen LogP contribution < -0.4 is 5.56 Å². The third-order valence-electron chi connectivity index (χ3n) is 4.10. The Morgan fingerprint density at radius 3 is 2.89 bits per heavy atom. The van der Waals surface area contributed by atoms with E-state index in [-0.39, 0.29) is 36.7 Å². The van der Waals surface area contributed by atoms with E-state index in [9.17, 15) is 15.0 Å². The molecule has 0 bridgehead atoms. The summed E-state index contributed by atoms with van der Waals surface area (Å²) in [6.07, 6.45) is 4.65. The molecule has 19 heavy (non-hydrogen) atoms. The van der Waals surface area contributed by atoms with Crippen molar-refractivity contribution in [1.29, 1.82) is 0 Å². The fourth-order valence-corrected chi connectivity index (χ4v) is 3.08. The molecule has 1 aliphatic rings. The van der Waals surface area contributed by atoms with Crippen LogP contribution in [0, 0.1) is 11.8 Å². The highest BCUT2D eigenvalue weighted by atomic mass is 16.3. The van der Waals surface area contributed by atoms with Gasteiger partial charge in [-0.25, -0.2) is 9.97 Å². The second kappa shape index (κ2) is 4.75. The molecule has 3 unspecified atom stereocenters. The van der Waals surface area contributed by atoms with Crippen molar-refractivity contribution in [2.75, 3.05) is 13.2 Å². The number of nitrogens with zero attached hydrogens (tertiary/aromatic N) is 3. The molecule has 0 radical (unpaired) electrons. The molecule has 0 saturated heterocycles. The van der Waals surface area contributed by atoms with Gasteiger partial charge in [-0.2, -0.15) is 0 Å². The minimum atomic E-state index is -0.263. The summed E-state index contributed by atoms with van der Waals surface area (Å²) in [4.78, 5) is 22.4. The average molecular weight is 264 g/mol. The Morgan fingerprint density at radius 2 is 2.16 bits per heavy atom. The van der Waals surface area contributed by atoms with Crippen molar-refractivity contribution < 1.29 is 10.2 Å². The summed E-state index contributed by atoms with van der Waals surface area (Å²) in [7, 11) is 0. The van der Waals surface area contributed by atoms with Crippen molar-refractivity contribution in [3.05, 3.63) is 23.0 Å². The summed E-state index contributed by atoms with van der Waals surface area (Å²) in [5, 5.41) is 18.9. The first-order valence-electron chi connectivity index (χ1n) is 6.38. The number of imidazole rings is 1. The maximum absolute atomic E-state index is 11.6. The van der Waals surface area contributed by atoms with E-state index in [4.69, 9.17) is 0 Å². The van der Waals surface area contributed by atoms with Crippen LogP contribution in [-0.2, 0) is 0 Å². The van der Waals surface area contributed by atoms with Gasteiger partial charge in [-0.1, -0.05) is 0 Å². The van der Waals surface area contributed by atoms with Crippen LogP contribution in [0.3, 0.4) is 0 Å². The number of hydrogen-bond donors (Lipinski definition) is 3. The zero-order chi connectivity index (χ0) is 13.4. The maximum Gasteiger partial charge on any atom is 0.278 e. The first kappa shape index (κ1) is 12.3. The molecule has 2 aromatic rings. The second-order valence-electron chi connectivity index (χ2n) is 4.99. The number of aliphatic hydroxyl groups excluding tert-OH is 2. The van der Waals surface area contributed by atoms with Gasteiger partial charge in [0.05, 0.1) is 12.7 Å². The number of H-pyrrole nitrogens is 1. The third-order valence-corrected chi connectivity index (χ3v) is 4.10. The van der Waals surface area contributed by atoms with Gasteiger partial charge in [0, 0.05) is 25.2 Å². The largest absolute Gasteiger partial charge is 0.396 e. The molecule has 0 aliphatic heterocycles. The Kier molecular flexibility index (Phi) is 3.08. The molecule has 2 heterocycles.